The highest BCUT2D eigenvalue weighted by molar-refractivity contribution is 9.10. The number of halogens is 1. The zero-order valence-corrected chi connectivity index (χ0v) is 14.3. The van der Waals surface area contributed by atoms with Crippen LogP contribution in [0.15, 0.2) is 59.1 Å². The Hall–Kier alpha value is -2.18. The van der Waals surface area contributed by atoms with E-state index in [2.05, 4.69) is 32.1 Å². The maximum absolute atomic E-state index is 12.0. The molecule has 0 saturated heterocycles. The Labute approximate surface area is 143 Å². The number of carbonyl (C=O) groups excluding carboxylic acids is 2. The third-order valence-electron chi connectivity index (χ3n) is 3.30. The summed E-state index contributed by atoms with van der Waals surface area (Å²) in [5.74, 6) is -0.685. The Bertz CT molecular complexity index is 677. The van der Waals surface area contributed by atoms with Crippen molar-refractivity contribution in [3.63, 3.8) is 0 Å². The van der Waals surface area contributed by atoms with Crippen LogP contribution in [0.3, 0.4) is 0 Å². The molecule has 2 rings (SSSR count). The molecule has 0 aliphatic rings. The fourth-order valence-electron chi connectivity index (χ4n) is 1.99. The zero-order chi connectivity index (χ0) is 16.7. The van der Waals surface area contributed by atoms with E-state index in [1.165, 1.54) is 0 Å². The monoisotopic (exact) mass is 375 g/mol. The van der Waals surface area contributed by atoms with Gasteiger partial charge in [0, 0.05) is 10.5 Å². The van der Waals surface area contributed by atoms with Crippen molar-refractivity contribution >= 4 is 27.7 Å². The van der Waals surface area contributed by atoms with Crippen LogP contribution < -0.4 is 16.2 Å². The molecule has 0 saturated carbocycles. The van der Waals surface area contributed by atoms with Crippen molar-refractivity contribution in [2.24, 2.45) is 0 Å². The molecule has 0 bridgehead atoms. The topological polar surface area (TPSA) is 70.2 Å². The van der Waals surface area contributed by atoms with Gasteiger partial charge in [-0.2, -0.15) is 0 Å². The number of benzene rings is 2. The molecule has 0 radical (unpaired) electrons. The number of amides is 2. The Morgan fingerprint density at radius 3 is 2.35 bits per heavy atom. The number of nitrogens with one attached hydrogen (secondary N) is 3. The van der Waals surface area contributed by atoms with Crippen molar-refractivity contribution in [1.82, 2.24) is 16.2 Å². The minimum absolute atomic E-state index is 0.0425. The fraction of sp³-hybridized carbons (Fsp3) is 0.176. The van der Waals surface area contributed by atoms with E-state index in [-0.39, 0.29) is 24.4 Å². The van der Waals surface area contributed by atoms with Gasteiger partial charge < -0.3 is 5.32 Å². The van der Waals surface area contributed by atoms with Crippen molar-refractivity contribution in [1.29, 1.82) is 0 Å². The largest absolute Gasteiger partial charge is 0.302 e. The van der Waals surface area contributed by atoms with Gasteiger partial charge in [0.25, 0.3) is 11.8 Å². The third kappa shape index (κ3) is 5.19. The lowest BCUT2D eigenvalue weighted by molar-refractivity contribution is -0.121. The molecule has 0 aliphatic heterocycles. The molecular weight excluding hydrogens is 358 g/mol. The van der Waals surface area contributed by atoms with E-state index in [1.807, 2.05) is 43.3 Å². The first-order valence-corrected chi connectivity index (χ1v) is 7.99. The van der Waals surface area contributed by atoms with Crippen LogP contribution >= 0.6 is 15.9 Å². The third-order valence-corrected chi connectivity index (χ3v) is 3.99. The van der Waals surface area contributed by atoms with Crippen LogP contribution in [0.1, 0.15) is 28.9 Å². The highest BCUT2D eigenvalue weighted by Gasteiger charge is 2.11. The van der Waals surface area contributed by atoms with E-state index < -0.39 is 0 Å². The van der Waals surface area contributed by atoms with Gasteiger partial charge in [-0.25, -0.2) is 0 Å². The number of hydrogen-bond donors (Lipinski definition) is 3. The maximum atomic E-state index is 12.0. The molecule has 0 aromatic heterocycles. The van der Waals surface area contributed by atoms with Crippen molar-refractivity contribution in [3.8, 4) is 0 Å². The summed E-state index contributed by atoms with van der Waals surface area (Å²) in [6.45, 7) is 2.08. The van der Waals surface area contributed by atoms with Gasteiger partial charge in [0.1, 0.15) is 0 Å². The molecule has 0 unspecified atom stereocenters. The molecule has 2 aromatic carbocycles. The second kappa shape index (κ2) is 8.45. The van der Waals surface area contributed by atoms with Crippen LogP contribution in [0.25, 0.3) is 0 Å². The Morgan fingerprint density at radius 1 is 1.00 bits per heavy atom. The number of carbonyl (C=O) groups is 2. The van der Waals surface area contributed by atoms with E-state index in [9.17, 15) is 9.59 Å². The molecule has 2 aromatic rings. The van der Waals surface area contributed by atoms with Gasteiger partial charge >= 0.3 is 0 Å². The first-order valence-electron chi connectivity index (χ1n) is 7.20. The van der Waals surface area contributed by atoms with E-state index in [4.69, 9.17) is 0 Å². The first kappa shape index (κ1) is 17.2. The fourth-order valence-corrected chi connectivity index (χ4v) is 2.45. The first-order chi connectivity index (χ1) is 11.1. The normalized spacial score (nSPS) is 11.6. The molecule has 0 spiro atoms. The summed E-state index contributed by atoms with van der Waals surface area (Å²) < 4.78 is 0.669. The SMILES string of the molecule is C[C@H](NCC(=O)NNC(=O)c1ccccc1Br)c1ccccc1. The molecule has 120 valence electrons. The number of hydrazine groups is 1. The van der Waals surface area contributed by atoms with Crippen LogP contribution in [0.5, 0.6) is 0 Å². The van der Waals surface area contributed by atoms with Crippen molar-refractivity contribution < 1.29 is 9.59 Å². The van der Waals surface area contributed by atoms with E-state index in [0.29, 0.717) is 10.0 Å². The second-order valence-corrected chi connectivity index (χ2v) is 5.85. The van der Waals surface area contributed by atoms with Crippen molar-refractivity contribution in [3.05, 3.63) is 70.2 Å². The summed E-state index contributed by atoms with van der Waals surface area (Å²) in [6, 6.07) is 16.9. The number of rotatable bonds is 5. The van der Waals surface area contributed by atoms with Gasteiger partial charge in [-0.15, -0.1) is 0 Å². The van der Waals surface area contributed by atoms with Gasteiger partial charge in [-0.05, 0) is 40.5 Å². The van der Waals surface area contributed by atoms with Crippen LogP contribution in [-0.4, -0.2) is 18.4 Å². The predicted molar refractivity (Wildman–Crippen MR) is 92.6 cm³/mol. The summed E-state index contributed by atoms with van der Waals surface area (Å²) in [4.78, 5) is 23.8. The average molecular weight is 376 g/mol. The van der Waals surface area contributed by atoms with Gasteiger partial charge in [0.05, 0.1) is 12.1 Å². The lowest BCUT2D eigenvalue weighted by Crippen LogP contribution is -2.45. The Morgan fingerprint density at radius 2 is 1.65 bits per heavy atom. The second-order valence-electron chi connectivity index (χ2n) is 5.00. The quantitative estimate of drug-likeness (QED) is 0.703. The zero-order valence-electron chi connectivity index (χ0n) is 12.7. The predicted octanol–water partition coefficient (Wildman–Crippen LogP) is 2.56. The summed E-state index contributed by atoms with van der Waals surface area (Å²) >= 11 is 3.29. The summed E-state index contributed by atoms with van der Waals surface area (Å²) in [6.07, 6.45) is 0. The molecule has 5 nitrogen and oxygen atoms in total. The minimum Gasteiger partial charge on any atom is -0.302 e. The molecule has 0 aliphatic carbocycles. The Balaban J connectivity index is 1.77. The smallest absolute Gasteiger partial charge is 0.270 e. The molecule has 2 amide bonds. The van der Waals surface area contributed by atoms with Gasteiger partial charge in [0.2, 0.25) is 0 Å². The van der Waals surface area contributed by atoms with Gasteiger partial charge in [-0.3, -0.25) is 20.4 Å². The van der Waals surface area contributed by atoms with Crippen molar-refractivity contribution in [2.75, 3.05) is 6.54 Å². The highest BCUT2D eigenvalue weighted by atomic mass is 79.9. The van der Waals surface area contributed by atoms with E-state index >= 15 is 0 Å². The van der Waals surface area contributed by atoms with E-state index in [1.54, 1.807) is 18.2 Å². The van der Waals surface area contributed by atoms with Crippen LogP contribution in [-0.2, 0) is 4.79 Å². The molecule has 0 heterocycles. The molecular formula is C17H18BrN3O2. The summed E-state index contributed by atoms with van der Waals surface area (Å²) in [5.41, 5.74) is 6.34. The van der Waals surface area contributed by atoms with Crippen LogP contribution in [0, 0.1) is 0 Å². The summed E-state index contributed by atoms with van der Waals surface area (Å²) in [5, 5.41) is 3.10. The van der Waals surface area contributed by atoms with Crippen LogP contribution in [0.4, 0.5) is 0 Å². The van der Waals surface area contributed by atoms with Crippen LogP contribution in [0.2, 0.25) is 0 Å². The standard InChI is InChI=1S/C17H18BrN3O2/c1-12(13-7-3-2-4-8-13)19-11-16(22)20-21-17(23)14-9-5-6-10-15(14)18/h2-10,12,19H,11H2,1H3,(H,20,22)(H,21,23)/t12-/m0/s1. The maximum Gasteiger partial charge on any atom is 0.270 e. The van der Waals surface area contributed by atoms with E-state index in [0.717, 1.165) is 5.56 Å². The molecule has 3 N–H and O–H groups in total. The molecule has 23 heavy (non-hydrogen) atoms. The van der Waals surface area contributed by atoms with Crippen molar-refractivity contribution in [2.45, 2.75) is 13.0 Å². The van der Waals surface area contributed by atoms with Gasteiger partial charge in [-0.1, -0.05) is 42.5 Å². The van der Waals surface area contributed by atoms with Gasteiger partial charge in [0.15, 0.2) is 0 Å². The lowest BCUT2D eigenvalue weighted by atomic mass is 10.1. The molecule has 6 heteroatoms. The average Bonchev–Trinajstić information content (AvgIpc) is 2.58. The molecule has 0 fully saturated rings. The highest BCUT2D eigenvalue weighted by Crippen LogP contribution is 2.15. The minimum atomic E-state index is -0.373. The lowest BCUT2D eigenvalue weighted by Gasteiger charge is -2.14. The Kier molecular flexibility index (Phi) is 6.31. The molecule has 1 atom stereocenters. The summed E-state index contributed by atoms with van der Waals surface area (Å²) in [7, 11) is 0. The number of hydrogen-bond acceptors (Lipinski definition) is 3.